The minimum Gasteiger partial charge on any atom is -0.480 e. The van der Waals surface area contributed by atoms with Crippen LogP contribution in [0.2, 0.25) is 0 Å². The highest BCUT2D eigenvalue weighted by atomic mass is 16.4. The predicted octanol–water partition coefficient (Wildman–Crippen LogP) is 3.77. The van der Waals surface area contributed by atoms with Crippen molar-refractivity contribution in [3.8, 4) is 28.7 Å². The Kier molecular flexibility index (Phi) is 8.91. The van der Waals surface area contributed by atoms with Crippen molar-refractivity contribution in [2.45, 2.75) is 57.5 Å². The zero-order valence-electron chi connectivity index (χ0n) is 21.7. The third-order valence-electron chi connectivity index (χ3n) is 6.46. The standard InChI is InChI=1S/C28H31N9O2/c1-18(7-3-2-4-11-22(30)27(38)39)23-12-6-10-21(32-23)16-37-17-26(35-36-37)25-14-24(33-28(31)34-25)20-9-5-8-19(13-20)15-29/h5-6,8-10,12-14,17-18,22H,2-4,7,11,16,30H2,1H3,(H,38,39)(H2,31,33,34)/t18-,22-/m1/s1. The second-order valence-corrected chi connectivity index (χ2v) is 9.53. The summed E-state index contributed by atoms with van der Waals surface area (Å²) in [6.45, 7) is 2.59. The Bertz CT molecular complexity index is 1480. The predicted molar refractivity (Wildman–Crippen MR) is 146 cm³/mol. The Labute approximate surface area is 226 Å². The van der Waals surface area contributed by atoms with Crippen LogP contribution in [0.3, 0.4) is 0 Å². The van der Waals surface area contributed by atoms with Crippen LogP contribution in [0.1, 0.15) is 61.9 Å². The van der Waals surface area contributed by atoms with Gasteiger partial charge in [0.15, 0.2) is 0 Å². The molecule has 4 rings (SSSR count). The van der Waals surface area contributed by atoms with Crippen molar-refractivity contribution in [1.82, 2.24) is 29.9 Å². The lowest BCUT2D eigenvalue weighted by Crippen LogP contribution is -2.29. The van der Waals surface area contributed by atoms with E-state index >= 15 is 0 Å². The molecule has 11 heteroatoms. The first-order chi connectivity index (χ1) is 18.8. The van der Waals surface area contributed by atoms with Crippen molar-refractivity contribution in [2.75, 3.05) is 5.73 Å². The van der Waals surface area contributed by atoms with Gasteiger partial charge in [-0.3, -0.25) is 9.78 Å². The van der Waals surface area contributed by atoms with Crippen LogP contribution in [-0.4, -0.2) is 47.1 Å². The second-order valence-electron chi connectivity index (χ2n) is 9.53. The summed E-state index contributed by atoms with van der Waals surface area (Å²) in [6, 6.07) is 16.2. The first-order valence-electron chi connectivity index (χ1n) is 12.8. The maximum absolute atomic E-state index is 10.8. The van der Waals surface area contributed by atoms with Crippen LogP contribution < -0.4 is 11.5 Å². The van der Waals surface area contributed by atoms with Crippen LogP contribution in [0.15, 0.2) is 54.7 Å². The van der Waals surface area contributed by atoms with Crippen LogP contribution >= 0.6 is 0 Å². The molecule has 0 fully saturated rings. The van der Waals surface area contributed by atoms with E-state index in [0.717, 1.165) is 42.6 Å². The molecule has 0 spiro atoms. The van der Waals surface area contributed by atoms with E-state index in [0.29, 0.717) is 35.6 Å². The Morgan fingerprint density at radius 2 is 1.79 bits per heavy atom. The van der Waals surface area contributed by atoms with Gasteiger partial charge in [0.1, 0.15) is 11.7 Å². The Hall–Kier alpha value is -4.69. The lowest BCUT2D eigenvalue weighted by atomic mass is 9.98. The summed E-state index contributed by atoms with van der Waals surface area (Å²) >= 11 is 0. The highest BCUT2D eigenvalue weighted by Gasteiger charge is 2.14. The van der Waals surface area contributed by atoms with Crippen molar-refractivity contribution in [3.05, 3.63) is 71.7 Å². The van der Waals surface area contributed by atoms with E-state index in [1.54, 1.807) is 35.1 Å². The zero-order chi connectivity index (χ0) is 27.8. The number of carboxylic acid groups (broad SMARTS) is 1. The molecule has 0 radical (unpaired) electrons. The number of nitrogens with zero attached hydrogens (tertiary/aromatic N) is 7. The van der Waals surface area contributed by atoms with Crippen LogP contribution in [0.25, 0.3) is 22.6 Å². The topological polar surface area (TPSA) is 183 Å². The molecule has 3 heterocycles. The fourth-order valence-electron chi connectivity index (χ4n) is 4.28. The SMILES string of the molecule is C[C@H](CCCCC[C@@H](N)C(=O)O)c1cccc(Cn2cc(-c3cc(-c4cccc(C#N)c4)nc(N)n3)nn2)n1. The summed E-state index contributed by atoms with van der Waals surface area (Å²) < 4.78 is 1.70. The quantitative estimate of drug-likeness (QED) is 0.230. The van der Waals surface area contributed by atoms with Crippen molar-refractivity contribution >= 4 is 11.9 Å². The van der Waals surface area contributed by atoms with E-state index in [1.807, 2.05) is 24.3 Å². The lowest BCUT2D eigenvalue weighted by Gasteiger charge is -2.12. The lowest BCUT2D eigenvalue weighted by molar-refractivity contribution is -0.138. The monoisotopic (exact) mass is 525 g/mol. The number of nitrogen functional groups attached to an aromatic ring is 1. The van der Waals surface area contributed by atoms with Gasteiger partial charge in [-0.1, -0.05) is 49.6 Å². The molecule has 200 valence electrons. The van der Waals surface area contributed by atoms with E-state index < -0.39 is 12.0 Å². The van der Waals surface area contributed by atoms with Gasteiger partial charge in [0.2, 0.25) is 5.95 Å². The molecule has 0 unspecified atom stereocenters. The first kappa shape index (κ1) is 27.3. The Balaban J connectivity index is 1.39. The highest BCUT2D eigenvalue weighted by Crippen LogP contribution is 2.25. The van der Waals surface area contributed by atoms with Crippen LogP contribution in [-0.2, 0) is 11.3 Å². The number of rotatable bonds is 12. The summed E-state index contributed by atoms with van der Waals surface area (Å²) in [5, 5.41) is 26.6. The third-order valence-corrected chi connectivity index (χ3v) is 6.46. The molecule has 2 atom stereocenters. The largest absolute Gasteiger partial charge is 0.480 e. The molecule has 0 aliphatic carbocycles. The number of pyridine rings is 1. The number of carboxylic acids is 1. The van der Waals surface area contributed by atoms with Gasteiger partial charge in [0.25, 0.3) is 0 Å². The van der Waals surface area contributed by atoms with Gasteiger partial charge in [-0.05, 0) is 49.1 Å². The minimum atomic E-state index is -0.947. The molecule has 11 nitrogen and oxygen atoms in total. The van der Waals surface area contributed by atoms with Gasteiger partial charge in [-0.25, -0.2) is 14.6 Å². The average Bonchev–Trinajstić information content (AvgIpc) is 3.41. The third kappa shape index (κ3) is 7.43. The number of nitriles is 1. The number of carbonyl (C=O) groups is 1. The van der Waals surface area contributed by atoms with Crippen molar-refractivity contribution in [2.24, 2.45) is 5.73 Å². The van der Waals surface area contributed by atoms with Crippen molar-refractivity contribution in [3.63, 3.8) is 0 Å². The van der Waals surface area contributed by atoms with Crippen molar-refractivity contribution in [1.29, 1.82) is 5.26 Å². The van der Waals surface area contributed by atoms with E-state index in [2.05, 4.69) is 33.3 Å². The summed E-state index contributed by atoms with van der Waals surface area (Å²) in [7, 11) is 0. The normalized spacial score (nSPS) is 12.5. The molecule has 0 saturated heterocycles. The van der Waals surface area contributed by atoms with E-state index in [-0.39, 0.29) is 11.9 Å². The number of aliphatic carboxylic acids is 1. The van der Waals surface area contributed by atoms with Crippen LogP contribution in [0, 0.1) is 11.3 Å². The fraction of sp³-hybridized carbons (Fsp3) is 0.321. The number of anilines is 1. The zero-order valence-corrected chi connectivity index (χ0v) is 21.7. The molecule has 3 aromatic heterocycles. The van der Waals surface area contributed by atoms with E-state index in [4.69, 9.17) is 21.6 Å². The van der Waals surface area contributed by atoms with Crippen LogP contribution in [0.4, 0.5) is 5.95 Å². The number of hydrogen-bond acceptors (Lipinski definition) is 9. The van der Waals surface area contributed by atoms with Gasteiger partial charge in [-0.2, -0.15) is 5.26 Å². The molecule has 0 aliphatic heterocycles. The molecular weight excluding hydrogens is 494 g/mol. The average molecular weight is 526 g/mol. The molecule has 1 aromatic carbocycles. The number of benzene rings is 1. The first-order valence-corrected chi connectivity index (χ1v) is 12.8. The van der Waals surface area contributed by atoms with Gasteiger partial charge in [0.05, 0.1) is 41.5 Å². The number of unbranched alkanes of at least 4 members (excludes halogenated alkanes) is 2. The van der Waals surface area contributed by atoms with Crippen molar-refractivity contribution < 1.29 is 9.90 Å². The van der Waals surface area contributed by atoms with Gasteiger partial charge >= 0.3 is 5.97 Å². The molecule has 5 N–H and O–H groups in total. The molecule has 39 heavy (non-hydrogen) atoms. The molecule has 0 bridgehead atoms. The Morgan fingerprint density at radius 3 is 2.59 bits per heavy atom. The maximum atomic E-state index is 10.8. The molecular formula is C28H31N9O2. The fourth-order valence-corrected chi connectivity index (χ4v) is 4.28. The summed E-state index contributed by atoms with van der Waals surface area (Å²) in [5.74, 6) is -0.573. The second kappa shape index (κ2) is 12.7. The van der Waals surface area contributed by atoms with Gasteiger partial charge in [0, 0.05) is 11.3 Å². The summed E-state index contributed by atoms with van der Waals surface area (Å²) in [6.07, 6.45) is 5.96. The van der Waals surface area contributed by atoms with E-state index in [9.17, 15) is 10.1 Å². The smallest absolute Gasteiger partial charge is 0.320 e. The minimum absolute atomic E-state index is 0.104. The number of aromatic nitrogens is 6. The van der Waals surface area contributed by atoms with E-state index in [1.165, 1.54) is 0 Å². The number of nitrogens with two attached hydrogens (primary N) is 2. The Morgan fingerprint density at radius 1 is 1.03 bits per heavy atom. The summed E-state index contributed by atoms with van der Waals surface area (Å²) in [5.41, 5.74) is 16.4. The molecule has 4 aromatic rings. The van der Waals surface area contributed by atoms with Gasteiger partial charge < -0.3 is 16.6 Å². The molecule has 0 amide bonds. The number of hydrogen-bond donors (Lipinski definition) is 3. The maximum Gasteiger partial charge on any atom is 0.320 e. The van der Waals surface area contributed by atoms with Gasteiger partial charge in [-0.15, -0.1) is 5.10 Å². The van der Waals surface area contributed by atoms with Crippen LogP contribution in [0.5, 0.6) is 0 Å². The highest BCUT2D eigenvalue weighted by molar-refractivity contribution is 5.73. The molecule has 0 saturated carbocycles. The molecule has 0 aliphatic rings. The summed E-state index contributed by atoms with van der Waals surface area (Å²) in [4.78, 5) is 24.3.